The summed E-state index contributed by atoms with van der Waals surface area (Å²) in [5, 5.41) is 10.7. The van der Waals surface area contributed by atoms with Crippen molar-refractivity contribution in [2.75, 3.05) is 0 Å². The molecule has 2 aromatic heterocycles. The number of pyridine rings is 1. The van der Waals surface area contributed by atoms with Crippen molar-refractivity contribution in [1.82, 2.24) is 9.97 Å². The standard InChI is InChI=1S/C25H24N2O4S2/c28-19(14-22-27-15-24(33-22)32-21-7-3-4-10-26-21)13-18-9-8-16(12-23(29)30)11-20(18)25(31)17-5-1-2-6-17/h3-4,7-11,15,17H,1-2,5-6,12-14H2,(H,29,30). The van der Waals surface area contributed by atoms with Crippen LogP contribution in [0.2, 0.25) is 0 Å². The number of aromatic nitrogens is 2. The van der Waals surface area contributed by atoms with Crippen molar-refractivity contribution in [2.45, 2.75) is 54.2 Å². The molecule has 2 heterocycles. The molecule has 0 amide bonds. The fourth-order valence-electron chi connectivity index (χ4n) is 4.08. The van der Waals surface area contributed by atoms with Gasteiger partial charge >= 0.3 is 5.97 Å². The van der Waals surface area contributed by atoms with E-state index in [-0.39, 0.29) is 36.7 Å². The van der Waals surface area contributed by atoms with Crippen LogP contribution in [0.1, 0.15) is 52.2 Å². The van der Waals surface area contributed by atoms with Crippen LogP contribution in [0.3, 0.4) is 0 Å². The van der Waals surface area contributed by atoms with Gasteiger partial charge in [-0.05, 0) is 42.2 Å². The van der Waals surface area contributed by atoms with Crippen LogP contribution in [0, 0.1) is 5.92 Å². The molecule has 33 heavy (non-hydrogen) atoms. The van der Waals surface area contributed by atoms with Gasteiger partial charge in [-0.3, -0.25) is 14.4 Å². The highest BCUT2D eigenvalue weighted by atomic mass is 32.2. The number of hydrogen-bond donors (Lipinski definition) is 1. The number of carboxylic acids is 1. The van der Waals surface area contributed by atoms with Gasteiger partial charge in [0.1, 0.15) is 15.8 Å². The number of carbonyl (C=O) groups is 3. The molecule has 1 aromatic carbocycles. The first-order valence-electron chi connectivity index (χ1n) is 10.9. The smallest absolute Gasteiger partial charge is 0.307 e. The molecular weight excluding hydrogens is 456 g/mol. The van der Waals surface area contributed by atoms with E-state index in [0.29, 0.717) is 16.7 Å². The maximum atomic E-state index is 13.1. The average Bonchev–Trinajstić information content (AvgIpc) is 3.47. The van der Waals surface area contributed by atoms with Gasteiger partial charge in [0, 0.05) is 24.1 Å². The van der Waals surface area contributed by atoms with Crippen LogP contribution in [0.25, 0.3) is 0 Å². The first-order chi connectivity index (χ1) is 16.0. The highest BCUT2D eigenvalue weighted by molar-refractivity contribution is 8.01. The van der Waals surface area contributed by atoms with Crippen molar-refractivity contribution in [3.05, 3.63) is 70.5 Å². The van der Waals surface area contributed by atoms with Crippen LogP contribution in [-0.4, -0.2) is 32.6 Å². The highest BCUT2D eigenvalue weighted by Gasteiger charge is 2.26. The Balaban J connectivity index is 1.46. The Morgan fingerprint density at radius 2 is 1.85 bits per heavy atom. The van der Waals surface area contributed by atoms with E-state index in [9.17, 15) is 14.4 Å². The van der Waals surface area contributed by atoms with Crippen molar-refractivity contribution < 1.29 is 19.5 Å². The zero-order valence-electron chi connectivity index (χ0n) is 18.0. The van der Waals surface area contributed by atoms with E-state index < -0.39 is 5.97 Å². The van der Waals surface area contributed by atoms with Crippen molar-refractivity contribution in [3.63, 3.8) is 0 Å². The molecule has 3 aromatic rings. The number of benzene rings is 1. The lowest BCUT2D eigenvalue weighted by molar-refractivity contribution is -0.136. The van der Waals surface area contributed by atoms with Gasteiger partial charge in [-0.1, -0.05) is 42.8 Å². The summed E-state index contributed by atoms with van der Waals surface area (Å²) in [5.74, 6) is -0.971. The van der Waals surface area contributed by atoms with Crippen LogP contribution >= 0.6 is 23.1 Å². The molecule has 0 spiro atoms. The van der Waals surface area contributed by atoms with E-state index in [1.54, 1.807) is 30.6 Å². The Morgan fingerprint density at radius 3 is 2.58 bits per heavy atom. The first-order valence-corrected chi connectivity index (χ1v) is 12.5. The largest absolute Gasteiger partial charge is 0.481 e. The number of hydrogen-bond acceptors (Lipinski definition) is 7. The summed E-state index contributed by atoms with van der Waals surface area (Å²) in [5.41, 5.74) is 1.75. The number of carbonyl (C=O) groups excluding carboxylic acids is 2. The maximum absolute atomic E-state index is 13.1. The topological polar surface area (TPSA) is 97.2 Å². The number of nitrogens with zero attached hydrogens (tertiary/aromatic N) is 2. The number of Topliss-reactive ketones (excluding diaryl/α,β-unsaturated/α-hetero) is 2. The second kappa shape index (κ2) is 10.9. The molecule has 1 saturated carbocycles. The summed E-state index contributed by atoms with van der Waals surface area (Å²) in [6.45, 7) is 0. The summed E-state index contributed by atoms with van der Waals surface area (Å²) in [6, 6.07) is 10.8. The molecule has 1 aliphatic carbocycles. The van der Waals surface area contributed by atoms with Gasteiger partial charge in [0.05, 0.1) is 23.2 Å². The van der Waals surface area contributed by atoms with Gasteiger partial charge in [0.2, 0.25) is 0 Å². The summed E-state index contributed by atoms with van der Waals surface area (Å²) in [6.07, 6.45) is 7.43. The molecule has 0 aliphatic heterocycles. The summed E-state index contributed by atoms with van der Waals surface area (Å²) in [4.78, 5) is 45.8. The monoisotopic (exact) mass is 480 g/mol. The van der Waals surface area contributed by atoms with E-state index in [2.05, 4.69) is 9.97 Å². The Labute approximate surface area is 200 Å². The molecule has 0 saturated heterocycles. The van der Waals surface area contributed by atoms with Crippen LogP contribution in [0.15, 0.2) is 58.0 Å². The second-order valence-corrected chi connectivity index (χ2v) is 10.6. The number of rotatable bonds is 10. The van der Waals surface area contributed by atoms with Gasteiger partial charge in [-0.25, -0.2) is 9.97 Å². The minimum Gasteiger partial charge on any atom is -0.481 e. The summed E-state index contributed by atoms with van der Waals surface area (Å²) >= 11 is 2.97. The van der Waals surface area contributed by atoms with E-state index in [1.165, 1.54) is 23.1 Å². The molecular formula is C25H24N2O4S2. The van der Waals surface area contributed by atoms with Crippen LogP contribution in [0.5, 0.6) is 0 Å². The lowest BCUT2D eigenvalue weighted by Gasteiger charge is -2.14. The Bertz CT molecular complexity index is 1150. The molecule has 1 N–H and O–H groups in total. The lowest BCUT2D eigenvalue weighted by atomic mass is 9.89. The number of aliphatic carboxylic acids is 1. The highest BCUT2D eigenvalue weighted by Crippen LogP contribution is 2.32. The van der Waals surface area contributed by atoms with Crippen molar-refractivity contribution in [1.29, 1.82) is 0 Å². The van der Waals surface area contributed by atoms with Crippen molar-refractivity contribution >= 4 is 40.6 Å². The maximum Gasteiger partial charge on any atom is 0.307 e. The molecule has 4 rings (SSSR count). The Morgan fingerprint density at radius 1 is 1.03 bits per heavy atom. The SMILES string of the molecule is O=C(O)Cc1ccc(CC(=O)Cc2ncc(Sc3ccccn3)s2)c(C(=O)C2CCCC2)c1. The lowest BCUT2D eigenvalue weighted by Crippen LogP contribution is -2.17. The Hall–Kier alpha value is -2.84. The molecule has 1 fully saturated rings. The van der Waals surface area contributed by atoms with Gasteiger partial charge in [-0.15, -0.1) is 11.3 Å². The van der Waals surface area contributed by atoms with E-state index in [0.717, 1.165) is 39.9 Å². The van der Waals surface area contributed by atoms with E-state index in [4.69, 9.17) is 5.11 Å². The zero-order chi connectivity index (χ0) is 23.2. The predicted octanol–water partition coefficient (Wildman–Crippen LogP) is 5.04. The third-order valence-electron chi connectivity index (χ3n) is 5.63. The molecule has 0 bridgehead atoms. The molecule has 1 aliphatic rings. The molecule has 170 valence electrons. The normalized spacial score (nSPS) is 13.8. The number of ketones is 2. The quantitative estimate of drug-likeness (QED) is 0.406. The summed E-state index contributed by atoms with van der Waals surface area (Å²) in [7, 11) is 0. The third kappa shape index (κ3) is 6.36. The molecule has 6 nitrogen and oxygen atoms in total. The van der Waals surface area contributed by atoms with Crippen molar-refractivity contribution in [3.8, 4) is 0 Å². The molecule has 0 radical (unpaired) electrons. The average molecular weight is 481 g/mol. The van der Waals surface area contributed by atoms with Gasteiger partial charge < -0.3 is 5.11 Å². The fourth-order valence-corrected chi connectivity index (χ4v) is 6.04. The summed E-state index contributed by atoms with van der Waals surface area (Å²) < 4.78 is 0.964. The zero-order valence-corrected chi connectivity index (χ0v) is 19.7. The van der Waals surface area contributed by atoms with Crippen molar-refractivity contribution in [2.24, 2.45) is 5.92 Å². The molecule has 0 atom stereocenters. The van der Waals surface area contributed by atoms with Gasteiger partial charge in [-0.2, -0.15) is 0 Å². The van der Waals surface area contributed by atoms with Crippen LogP contribution in [-0.2, 0) is 28.9 Å². The number of thiazole rings is 1. The van der Waals surface area contributed by atoms with Gasteiger partial charge in [0.15, 0.2) is 5.78 Å². The van der Waals surface area contributed by atoms with Crippen LogP contribution in [0.4, 0.5) is 0 Å². The molecule has 8 heteroatoms. The second-order valence-electron chi connectivity index (χ2n) is 8.14. The minimum atomic E-state index is -0.943. The van der Waals surface area contributed by atoms with E-state index in [1.807, 2.05) is 18.2 Å². The van der Waals surface area contributed by atoms with Crippen LogP contribution < -0.4 is 0 Å². The first kappa shape index (κ1) is 23.3. The number of carboxylic acid groups (broad SMARTS) is 1. The fraction of sp³-hybridized carbons (Fsp3) is 0.320. The van der Waals surface area contributed by atoms with Gasteiger partial charge in [0.25, 0.3) is 0 Å². The molecule has 0 unspecified atom stereocenters. The predicted molar refractivity (Wildman–Crippen MR) is 127 cm³/mol. The minimum absolute atomic E-state index is 0.0230. The third-order valence-corrected chi connectivity index (χ3v) is 7.68. The van der Waals surface area contributed by atoms with E-state index >= 15 is 0 Å². The Kier molecular flexibility index (Phi) is 7.67.